The van der Waals surface area contributed by atoms with E-state index in [4.69, 9.17) is 25.6 Å². The van der Waals surface area contributed by atoms with Crippen LogP contribution in [0.5, 0.6) is 17.2 Å². The van der Waals surface area contributed by atoms with Crippen LogP contribution in [0.25, 0.3) is 11.4 Å². The normalized spacial score (nSPS) is 15.7. The van der Waals surface area contributed by atoms with E-state index >= 15 is 0 Å². The summed E-state index contributed by atoms with van der Waals surface area (Å²) in [6, 6.07) is 18.3. The number of carbonyl (C=O) groups excluding carboxylic acids is 1. The fourth-order valence-corrected chi connectivity index (χ4v) is 4.56. The maximum Gasteiger partial charge on any atom is 0.241 e. The number of para-hydroxylation sites is 2. The molecule has 8 nitrogen and oxygen atoms in total. The first kappa shape index (κ1) is 25.7. The number of carbonyl (C=O) groups is 1. The lowest BCUT2D eigenvalue weighted by Crippen LogP contribution is -2.40. The monoisotopic (exact) mass is 536 g/mol. The Labute approximate surface area is 224 Å². The van der Waals surface area contributed by atoms with E-state index in [2.05, 4.69) is 20.4 Å². The molecule has 0 aliphatic carbocycles. The highest BCUT2D eigenvalue weighted by atomic mass is 35.5. The van der Waals surface area contributed by atoms with Crippen LogP contribution in [-0.2, 0) is 11.3 Å². The fraction of sp³-hybridized carbons (Fsp3) is 0.250. The molecule has 38 heavy (non-hydrogen) atoms. The number of nitrogens with one attached hydrogen (secondary N) is 1. The molecule has 196 valence electrons. The summed E-state index contributed by atoms with van der Waals surface area (Å²) in [6.45, 7) is 1.75. The topological polar surface area (TPSA) is 89.7 Å². The third kappa shape index (κ3) is 6.12. The van der Waals surface area contributed by atoms with E-state index < -0.39 is 0 Å². The number of likely N-dealkylation sites (tertiary alicyclic amines) is 1. The largest absolute Gasteiger partial charge is 0.493 e. The minimum Gasteiger partial charge on any atom is -0.493 e. The number of hydrogen-bond donors (Lipinski definition) is 1. The quantitative estimate of drug-likeness (QED) is 0.287. The summed E-state index contributed by atoms with van der Waals surface area (Å²) in [4.78, 5) is 19.8. The molecule has 1 aliphatic rings. The van der Waals surface area contributed by atoms with Crippen molar-refractivity contribution < 1.29 is 23.2 Å². The fourth-order valence-electron chi connectivity index (χ4n) is 4.39. The first-order valence-corrected chi connectivity index (χ1v) is 12.6. The number of nitrogens with zero attached hydrogens (tertiary/aromatic N) is 3. The van der Waals surface area contributed by atoms with Crippen molar-refractivity contribution >= 4 is 23.2 Å². The molecule has 0 saturated carbocycles. The second kappa shape index (κ2) is 11.6. The Morgan fingerprint density at radius 1 is 1.13 bits per heavy atom. The zero-order valence-electron chi connectivity index (χ0n) is 20.7. The zero-order chi connectivity index (χ0) is 26.5. The van der Waals surface area contributed by atoms with Gasteiger partial charge >= 0.3 is 0 Å². The number of anilines is 1. The van der Waals surface area contributed by atoms with Gasteiger partial charge in [0.2, 0.25) is 17.6 Å². The highest BCUT2D eigenvalue weighted by molar-refractivity contribution is 6.31. The van der Waals surface area contributed by atoms with E-state index in [0.29, 0.717) is 58.3 Å². The van der Waals surface area contributed by atoms with Crippen LogP contribution in [0.3, 0.4) is 0 Å². The Bertz CT molecular complexity index is 1410. The summed E-state index contributed by atoms with van der Waals surface area (Å²) in [5.74, 6) is 1.69. The van der Waals surface area contributed by atoms with Crippen molar-refractivity contribution in [3.63, 3.8) is 0 Å². The van der Waals surface area contributed by atoms with Gasteiger partial charge < -0.3 is 19.3 Å². The van der Waals surface area contributed by atoms with E-state index in [9.17, 15) is 9.18 Å². The number of aromatic nitrogens is 2. The third-order valence-corrected chi connectivity index (χ3v) is 6.53. The molecule has 3 aromatic carbocycles. The molecule has 2 heterocycles. The van der Waals surface area contributed by atoms with Crippen LogP contribution in [0.2, 0.25) is 5.02 Å². The molecule has 1 N–H and O–H groups in total. The molecular formula is C28H26ClFN4O4. The lowest BCUT2D eigenvalue weighted by Gasteiger charge is -2.31. The minimum atomic E-state index is -0.327. The second-order valence-corrected chi connectivity index (χ2v) is 9.41. The SMILES string of the molecule is COc1ccccc1Oc1ccc(Cl)cc1NC(=O)C1CCCN(Cc2nc(-c3ccc(F)cc3)no2)C1. The number of ether oxygens (including phenoxy) is 2. The van der Waals surface area contributed by atoms with E-state index in [1.807, 2.05) is 12.1 Å². The minimum absolute atomic E-state index is 0.126. The molecular weight excluding hydrogens is 511 g/mol. The molecule has 4 aromatic rings. The first-order chi connectivity index (χ1) is 18.5. The smallest absolute Gasteiger partial charge is 0.241 e. The Morgan fingerprint density at radius 2 is 1.92 bits per heavy atom. The van der Waals surface area contributed by atoms with Crippen LogP contribution in [-0.4, -0.2) is 41.1 Å². The Kier molecular flexibility index (Phi) is 7.86. The molecule has 0 spiro atoms. The van der Waals surface area contributed by atoms with Crippen LogP contribution >= 0.6 is 11.6 Å². The van der Waals surface area contributed by atoms with E-state index in [1.54, 1.807) is 49.6 Å². The highest BCUT2D eigenvalue weighted by Crippen LogP contribution is 2.36. The zero-order valence-corrected chi connectivity index (χ0v) is 21.5. The molecule has 1 fully saturated rings. The summed E-state index contributed by atoms with van der Waals surface area (Å²) in [5.41, 5.74) is 1.15. The van der Waals surface area contributed by atoms with Crippen molar-refractivity contribution in [2.45, 2.75) is 19.4 Å². The molecule has 1 aromatic heterocycles. The van der Waals surface area contributed by atoms with Gasteiger partial charge in [-0.2, -0.15) is 4.98 Å². The Balaban J connectivity index is 1.24. The van der Waals surface area contributed by atoms with Gasteiger partial charge in [0.05, 0.1) is 25.3 Å². The van der Waals surface area contributed by atoms with Gasteiger partial charge in [-0.15, -0.1) is 0 Å². The van der Waals surface area contributed by atoms with Crippen molar-refractivity contribution in [3.8, 4) is 28.6 Å². The molecule has 1 saturated heterocycles. The first-order valence-electron chi connectivity index (χ1n) is 12.2. The van der Waals surface area contributed by atoms with Crippen molar-refractivity contribution in [2.24, 2.45) is 5.92 Å². The van der Waals surface area contributed by atoms with Crippen LogP contribution in [0.15, 0.2) is 71.3 Å². The summed E-state index contributed by atoms with van der Waals surface area (Å²) < 4.78 is 30.1. The van der Waals surface area contributed by atoms with Crippen molar-refractivity contribution in [2.75, 3.05) is 25.5 Å². The van der Waals surface area contributed by atoms with Gasteiger partial charge in [-0.25, -0.2) is 4.39 Å². The molecule has 0 bridgehead atoms. The number of rotatable bonds is 8. The highest BCUT2D eigenvalue weighted by Gasteiger charge is 2.28. The van der Waals surface area contributed by atoms with Crippen LogP contribution < -0.4 is 14.8 Å². The molecule has 1 atom stereocenters. The van der Waals surface area contributed by atoms with Gasteiger partial charge in [0, 0.05) is 17.1 Å². The van der Waals surface area contributed by atoms with Crippen molar-refractivity contribution in [3.05, 3.63) is 83.5 Å². The summed E-state index contributed by atoms with van der Waals surface area (Å²) >= 11 is 6.23. The van der Waals surface area contributed by atoms with Gasteiger partial charge in [0.25, 0.3) is 0 Å². The van der Waals surface area contributed by atoms with E-state index in [1.165, 1.54) is 12.1 Å². The standard InChI is InChI=1S/C28H26ClFN4O4/c1-36-24-6-2-3-7-25(24)37-23-13-10-20(29)15-22(23)31-28(35)19-5-4-14-34(16-19)17-26-32-27(33-38-26)18-8-11-21(30)12-9-18/h2-3,6-13,15,19H,4-5,14,16-17H2,1H3,(H,31,35). The van der Waals surface area contributed by atoms with Gasteiger partial charge in [-0.3, -0.25) is 9.69 Å². The van der Waals surface area contributed by atoms with Crippen LogP contribution in [0.4, 0.5) is 10.1 Å². The lowest BCUT2D eigenvalue weighted by atomic mass is 9.97. The molecule has 1 amide bonds. The van der Waals surface area contributed by atoms with Gasteiger partial charge in [-0.05, 0) is 74.0 Å². The average molecular weight is 537 g/mol. The molecule has 1 unspecified atom stereocenters. The van der Waals surface area contributed by atoms with Gasteiger partial charge in [-0.1, -0.05) is 28.9 Å². The van der Waals surface area contributed by atoms with Gasteiger partial charge in [0.1, 0.15) is 5.82 Å². The lowest BCUT2D eigenvalue weighted by molar-refractivity contribution is -0.121. The molecule has 10 heteroatoms. The summed E-state index contributed by atoms with van der Waals surface area (Å²) in [7, 11) is 1.57. The average Bonchev–Trinajstić information content (AvgIpc) is 3.39. The van der Waals surface area contributed by atoms with E-state index in [0.717, 1.165) is 19.4 Å². The summed E-state index contributed by atoms with van der Waals surface area (Å²) in [6.07, 6.45) is 1.59. The Morgan fingerprint density at radius 3 is 2.71 bits per heavy atom. The maximum atomic E-state index is 13.3. The van der Waals surface area contributed by atoms with Crippen LogP contribution in [0.1, 0.15) is 18.7 Å². The number of benzene rings is 3. The van der Waals surface area contributed by atoms with Crippen molar-refractivity contribution in [1.29, 1.82) is 0 Å². The maximum absolute atomic E-state index is 13.3. The molecule has 0 radical (unpaired) electrons. The molecule has 5 rings (SSSR count). The molecule has 1 aliphatic heterocycles. The van der Waals surface area contributed by atoms with Crippen LogP contribution in [0, 0.1) is 11.7 Å². The van der Waals surface area contributed by atoms with Gasteiger partial charge in [0.15, 0.2) is 17.2 Å². The predicted octanol–water partition coefficient (Wildman–Crippen LogP) is 6.18. The number of hydrogen-bond acceptors (Lipinski definition) is 7. The second-order valence-electron chi connectivity index (χ2n) is 8.98. The number of amides is 1. The predicted molar refractivity (Wildman–Crippen MR) is 141 cm³/mol. The summed E-state index contributed by atoms with van der Waals surface area (Å²) in [5, 5.41) is 7.48. The third-order valence-electron chi connectivity index (χ3n) is 6.29. The Hall–Kier alpha value is -3.95. The van der Waals surface area contributed by atoms with Crippen molar-refractivity contribution in [1.82, 2.24) is 15.0 Å². The van der Waals surface area contributed by atoms with E-state index in [-0.39, 0.29) is 17.6 Å². The number of methoxy groups -OCH3 is 1. The number of piperidine rings is 1. The number of halogens is 2.